The minimum Gasteiger partial charge on any atom is -0.197 e. The zero-order valence-corrected chi connectivity index (χ0v) is 8.03. The lowest BCUT2D eigenvalue weighted by Gasteiger charge is -2.19. The van der Waals surface area contributed by atoms with E-state index in [1.165, 1.54) is 4.91 Å². The van der Waals surface area contributed by atoms with Gasteiger partial charge in [-0.2, -0.15) is 5.26 Å². The normalized spacial score (nSPS) is 24.5. The fraction of sp³-hybridized carbons (Fsp3) is 0.667. The van der Waals surface area contributed by atoms with Gasteiger partial charge in [0.25, 0.3) is 0 Å². The largest absolute Gasteiger partial charge is 0.197 e. The second-order valence-corrected chi connectivity index (χ2v) is 5.03. The molecule has 0 aromatic rings. The highest BCUT2D eigenvalue weighted by molar-refractivity contribution is 8.04. The van der Waals surface area contributed by atoms with Gasteiger partial charge >= 0.3 is 0 Å². The van der Waals surface area contributed by atoms with Gasteiger partial charge in [-0.15, -0.1) is 11.8 Å². The number of nitriles is 1. The van der Waals surface area contributed by atoms with E-state index in [-0.39, 0.29) is 10.7 Å². The van der Waals surface area contributed by atoms with E-state index in [2.05, 4.69) is 32.9 Å². The summed E-state index contributed by atoms with van der Waals surface area (Å²) in [5.74, 6) is 0. The van der Waals surface area contributed by atoms with Crippen LogP contribution < -0.4 is 0 Å². The molecule has 0 aromatic carbocycles. The van der Waals surface area contributed by atoms with Crippen molar-refractivity contribution in [3.8, 4) is 6.07 Å². The lowest BCUT2D eigenvalue weighted by Crippen LogP contribution is -2.05. The van der Waals surface area contributed by atoms with E-state index in [0.29, 0.717) is 0 Å². The van der Waals surface area contributed by atoms with Crippen LogP contribution in [0.5, 0.6) is 0 Å². The lowest BCUT2D eigenvalue weighted by atomic mass is 9.95. The molecule has 0 spiro atoms. The van der Waals surface area contributed by atoms with E-state index in [4.69, 9.17) is 5.26 Å². The van der Waals surface area contributed by atoms with Crippen LogP contribution in [0.15, 0.2) is 11.0 Å². The van der Waals surface area contributed by atoms with E-state index in [0.717, 1.165) is 6.42 Å². The summed E-state index contributed by atoms with van der Waals surface area (Å²) in [7, 11) is 0. The Morgan fingerprint density at radius 3 is 2.55 bits per heavy atom. The summed E-state index contributed by atoms with van der Waals surface area (Å²) in [5.41, 5.74) is 0.232. The number of rotatable bonds is 0. The molecule has 0 fully saturated rings. The molecule has 11 heavy (non-hydrogen) atoms. The van der Waals surface area contributed by atoms with Crippen LogP contribution in [-0.2, 0) is 0 Å². The molecule has 1 aliphatic heterocycles. The second-order valence-electron chi connectivity index (χ2n) is 3.79. The highest BCUT2D eigenvalue weighted by Crippen LogP contribution is 2.42. The van der Waals surface area contributed by atoms with Crippen molar-refractivity contribution in [1.29, 1.82) is 5.26 Å². The molecule has 1 aliphatic rings. The summed E-state index contributed by atoms with van der Waals surface area (Å²) >= 11 is 1.72. The van der Waals surface area contributed by atoms with Crippen LogP contribution >= 0.6 is 11.8 Å². The highest BCUT2D eigenvalue weighted by atomic mass is 32.2. The number of thioether (sulfide) groups is 1. The van der Waals surface area contributed by atoms with E-state index in [1.54, 1.807) is 11.8 Å². The molecular formula is C9H13NS. The number of hydrogen-bond donors (Lipinski definition) is 0. The summed E-state index contributed by atoms with van der Waals surface area (Å²) in [6.45, 7) is 6.56. The summed E-state index contributed by atoms with van der Waals surface area (Å²) in [5, 5.41) is 8.82. The second kappa shape index (κ2) is 2.91. The van der Waals surface area contributed by atoms with Gasteiger partial charge in [0.1, 0.15) is 0 Å². The Morgan fingerprint density at radius 1 is 1.64 bits per heavy atom. The molecular weight excluding hydrogens is 154 g/mol. The molecule has 0 radical (unpaired) electrons. The van der Waals surface area contributed by atoms with Crippen molar-refractivity contribution in [3.63, 3.8) is 0 Å². The van der Waals surface area contributed by atoms with Crippen LogP contribution in [0.2, 0.25) is 0 Å². The topological polar surface area (TPSA) is 23.8 Å². The number of nitrogens with zero attached hydrogens (tertiary/aromatic N) is 1. The standard InChI is InChI=1S/C9H13NS/c1-9(2,3)8-5-4-7(6-10)11-8/h5,7H,4H2,1-3H3. The molecule has 60 valence electrons. The molecule has 1 rings (SSSR count). The van der Waals surface area contributed by atoms with Crippen molar-refractivity contribution in [2.45, 2.75) is 32.4 Å². The maximum Gasteiger partial charge on any atom is 0.0995 e. The third-order valence-electron chi connectivity index (χ3n) is 1.67. The van der Waals surface area contributed by atoms with Gasteiger partial charge in [0, 0.05) is 0 Å². The molecule has 0 N–H and O–H groups in total. The first-order chi connectivity index (χ1) is 5.04. The fourth-order valence-electron chi connectivity index (χ4n) is 1.03. The highest BCUT2D eigenvalue weighted by Gasteiger charge is 2.25. The monoisotopic (exact) mass is 167 g/mol. The van der Waals surface area contributed by atoms with Crippen molar-refractivity contribution in [3.05, 3.63) is 11.0 Å². The van der Waals surface area contributed by atoms with Crippen molar-refractivity contribution in [2.24, 2.45) is 5.41 Å². The van der Waals surface area contributed by atoms with Gasteiger partial charge in [-0.25, -0.2) is 0 Å². The van der Waals surface area contributed by atoms with E-state index >= 15 is 0 Å². The molecule has 0 bridgehead atoms. The molecule has 1 nitrogen and oxygen atoms in total. The minimum atomic E-state index is 0.171. The predicted octanol–water partition coefficient (Wildman–Crippen LogP) is 2.95. The van der Waals surface area contributed by atoms with Crippen LogP contribution in [0, 0.1) is 16.7 Å². The Balaban J connectivity index is 2.62. The molecule has 1 unspecified atom stereocenters. The molecule has 0 aromatic heterocycles. The van der Waals surface area contributed by atoms with Crippen LogP contribution in [0.25, 0.3) is 0 Å². The van der Waals surface area contributed by atoms with Gasteiger partial charge in [-0.05, 0) is 16.7 Å². The molecule has 0 saturated heterocycles. The first-order valence-corrected chi connectivity index (χ1v) is 4.69. The Labute approximate surface area is 72.5 Å². The first kappa shape index (κ1) is 8.67. The Hall–Kier alpha value is -0.420. The van der Waals surface area contributed by atoms with Gasteiger partial charge in [0.15, 0.2) is 0 Å². The van der Waals surface area contributed by atoms with Crippen LogP contribution in [-0.4, -0.2) is 5.25 Å². The molecule has 2 heteroatoms. The molecule has 1 atom stereocenters. The quantitative estimate of drug-likeness (QED) is 0.554. The van der Waals surface area contributed by atoms with E-state index in [1.807, 2.05) is 0 Å². The Bertz CT molecular complexity index is 217. The van der Waals surface area contributed by atoms with Gasteiger partial charge in [0.05, 0.1) is 11.3 Å². The van der Waals surface area contributed by atoms with Gasteiger partial charge in [-0.3, -0.25) is 0 Å². The summed E-state index contributed by atoms with van der Waals surface area (Å²) in [6.07, 6.45) is 3.12. The van der Waals surface area contributed by atoms with Crippen molar-refractivity contribution in [2.75, 3.05) is 0 Å². The average molecular weight is 167 g/mol. The fourth-order valence-corrected chi connectivity index (χ4v) is 2.12. The van der Waals surface area contributed by atoms with Crippen molar-refractivity contribution in [1.82, 2.24) is 0 Å². The van der Waals surface area contributed by atoms with Gasteiger partial charge in [0.2, 0.25) is 0 Å². The molecule has 0 aliphatic carbocycles. The Kier molecular flexibility index (Phi) is 2.29. The third kappa shape index (κ3) is 2.00. The lowest BCUT2D eigenvalue weighted by molar-refractivity contribution is 0.533. The first-order valence-electron chi connectivity index (χ1n) is 3.81. The van der Waals surface area contributed by atoms with Crippen molar-refractivity contribution >= 4 is 11.8 Å². The number of hydrogen-bond acceptors (Lipinski definition) is 2. The summed E-state index contributed by atoms with van der Waals surface area (Å²) < 4.78 is 0. The minimum absolute atomic E-state index is 0.171. The summed E-state index contributed by atoms with van der Waals surface area (Å²) in [6, 6.07) is 2.28. The Morgan fingerprint density at radius 2 is 2.27 bits per heavy atom. The van der Waals surface area contributed by atoms with Crippen molar-refractivity contribution < 1.29 is 0 Å². The SMILES string of the molecule is CC(C)(C)C1=CCC(C#N)S1. The maximum absolute atomic E-state index is 8.65. The smallest absolute Gasteiger partial charge is 0.0995 e. The van der Waals surface area contributed by atoms with Gasteiger partial charge < -0.3 is 0 Å². The average Bonchev–Trinajstić information content (AvgIpc) is 2.32. The van der Waals surface area contributed by atoms with Gasteiger partial charge in [-0.1, -0.05) is 26.8 Å². The maximum atomic E-state index is 8.65. The molecule has 0 saturated carbocycles. The molecule has 0 amide bonds. The molecule has 1 heterocycles. The number of allylic oxidation sites excluding steroid dienone is 2. The van der Waals surface area contributed by atoms with Crippen LogP contribution in [0.1, 0.15) is 27.2 Å². The zero-order chi connectivity index (χ0) is 8.48. The van der Waals surface area contributed by atoms with Crippen LogP contribution in [0.4, 0.5) is 0 Å². The predicted molar refractivity (Wildman–Crippen MR) is 49.1 cm³/mol. The third-order valence-corrected chi connectivity index (χ3v) is 3.29. The van der Waals surface area contributed by atoms with E-state index in [9.17, 15) is 0 Å². The summed E-state index contributed by atoms with van der Waals surface area (Å²) in [4.78, 5) is 1.36. The van der Waals surface area contributed by atoms with E-state index < -0.39 is 0 Å². The van der Waals surface area contributed by atoms with Crippen LogP contribution in [0.3, 0.4) is 0 Å². The zero-order valence-electron chi connectivity index (χ0n) is 7.22.